The number of halogens is 4. The Bertz CT molecular complexity index is 779. The third kappa shape index (κ3) is 6.16. The highest BCUT2D eigenvalue weighted by Crippen LogP contribution is 2.32. The average molecular weight is 494 g/mol. The van der Waals surface area contributed by atoms with E-state index in [2.05, 4.69) is 39.9 Å². The minimum Gasteiger partial charge on any atom is -0.480 e. The van der Waals surface area contributed by atoms with Crippen LogP contribution in [-0.2, 0) is 4.79 Å². The molecule has 2 atom stereocenters. The number of hydrogen-bond acceptors (Lipinski definition) is 3. The van der Waals surface area contributed by atoms with Gasteiger partial charge >= 0.3 is 5.97 Å². The van der Waals surface area contributed by atoms with E-state index in [-0.39, 0.29) is 49.3 Å². The van der Waals surface area contributed by atoms with E-state index in [0.29, 0.717) is 6.54 Å². The van der Waals surface area contributed by atoms with Gasteiger partial charge in [0.2, 0.25) is 0 Å². The van der Waals surface area contributed by atoms with Crippen molar-refractivity contribution in [3.05, 3.63) is 69.9 Å². The molecule has 2 aromatic carbocycles. The zero-order valence-electron chi connectivity index (χ0n) is 15.4. The van der Waals surface area contributed by atoms with Gasteiger partial charge in [-0.2, -0.15) is 0 Å². The van der Waals surface area contributed by atoms with Crippen LogP contribution in [0.3, 0.4) is 0 Å². The molecule has 0 spiro atoms. The number of nitrogens with zero attached hydrogens (tertiary/aromatic N) is 2. The third-order valence-corrected chi connectivity index (χ3v) is 5.34. The Morgan fingerprint density at radius 2 is 1.86 bits per heavy atom. The zero-order valence-corrected chi connectivity index (χ0v) is 18.6. The summed E-state index contributed by atoms with van der Waals surface area (Å²) >= 11 is 3.54. The fraction of sp³-hybridized carbons (Fsp3) is 0.350. The topological polar surface area (TPSA) is 43.8 Å². The SMILES string of the molecule is CC1CN(C(c2ccc(F)cc2)c2cccc(Br)c2)CCN1CC(=O)O.Cl.Cl. The van der Waals surface area contributed by atoms with Crippen LogP contribution < -0.4 is 0 Å². The number of rotatable bonds is 5. The summed E-state index contributed by atoms with van der Waals surface area (Å²) in [6, 6.07) is 14.9. The van der Waals surface area contributed by atoms with E-state index in [1.54, 1.807) is 0 Å². The molecule has 0 saturated carbocycles. The summed E-state index contributed by atoms with van der Waals surface area (Å²) in [5, 5.41) is 9.08. The predicted octanol–water partition coefficient (Wildman–Crippen LogP) is 4.61. The molecule has 0 bridgehead atoms. The second-order valence-electron chi connectivity index (χ2n) is 6.72. The van der Waals surface area contributed by atoms with Crippen LogP contribution in [0.15, 0.2) is 53.0 Å². The monoisotopic (exact) mass is 492 g/mol. The molecular weight excluding hydrogens is 470 g/mol. The molecule has 1 heterocycles. The highest BCUT2D eigenvalue weighted by molar-refractivity contribution is 9.10. The number of carboxylic acid groups (broad SMARTS) is 1. The van der Waals surface area contributed by atoms with Crippen molar-refractivity contribution in [2.24, 2.45) is 0 Å². The Balaban J connectivity index is 0.00000196. The molecule has 1 aliphatic heterocycles. The molecule has 1 aliphatic rings. The molecule has 0 aliphatic carbocycles. The largest absolute Gasteiger partial charge is 0.480 e. The van der Waals surface area contributed by atoms with Crippen molar-refractivity contribution in [2.75, 3.05) is 26.2 Å². The lowest BCUT2D eigenvalue weighted by Gasteiger charge is -2.43. The summed E-state index contributed by atoms with van der Waals surface area (Å²) < 4.78 is 14.4. The lowest BCUT2D eigenvalue weighted by Crippen LogP contribution is -2.54. The Morgan fingerprint density at radius 1 is 1.18 bits per heavy atom. The second kappa shape index (κ2) is 11.1. The van der Waals surface area contributed by atoms with E-state index in [9.17, 15) is 9.18 Å². The van der Waals surface area contributed by atoms with Gasteiger partial charge in [0.05, 0.1) is 12.6 Å². The Kier molecular flexibility index (Phi) is 9.87. The number of hydrogen-bond donors (Lipinski definition) is 1. The molecule has 1 N–H and O–H groups in total. The molecule has 1 saturated heterocycles. The lowest BCUT2D eigenvalue weighted by molar-refractivity contribution is -0.139. The molecule has 4 nitrogen and oxygen atoms in total. The number of aliphatic carboxylic acids is 1. The first kappa shape index (κ1) is 24.9. The van der Waals surface area contributed by atoms with Crippen LogP contribution >= 0.6 is 40.7 Å². The molecule has 8 heteroatoms. The summed E-state index contributed by atoms with van der Waals surface area (Å²) in [4.78, 5) is 15.4. The van der Waals surface area contributed by atoms with Crippen LogP contribution in [0.1, 0.15) is 24.1 Å². The summed E-state index contributed by atoms with van der Waals surface area (Å²) in [5.74, 6) is -1.05. The van der Waals surface area contributed by atoms with Gasteiger partial charge in [0.15, 0.2) is 0 Å². The molecule has 0 amide bonds. The predicted molar refractivity (Wildman–Crippen MR) is 117 cm³/mol. The molecule has 154 valence electrons. The van der Waals surface area contributed by atoms with E-state index in [1.165, 1.54) is 12.1 Å². The Hall–Kier alpha value is -1.18. The molecule has 3 rings (SSSR count). The average Bonchev–Trinajstić information content (AvgIpc) is 2.59. The highest BCUT2D eigenvalue weighted by Gasteiger charge is 2.31. The van der Waals surface area contributed by atoms with Crippen molar-refractivity contribution < 1.29 is 14.3 Å². The Labute approximate surface area is 185 Å². The van der Waals surface area contributed by atoms with Gasteiger partial charge in [-0.05, 0) is 42.3 Å². The molecule has 2 unspecified atom stereocenters. The summed E-state index contributed by atoms with van der Waals surface area (Å²) in [5.41, 5.74) is 2.16. The van der Waals surface area contributed by atoms with Crippen molar-refractivity contribution in [1.29, 1.82) is 0 Å². The van der Waals surface area contributed by atoms with Gasteiger partial charge in [-0.25, -0.2) is 4.39 Å². The normalized spacial score (nSPS) is 18.6. The molecule has 28 heavy (non-hydrogen) atoms. The minimum atomic E-state index is -0.799. The van der Waals surface area contributed by atoms with Gasteiger partial charge in [-0.1, -0.05) is 40.2 Å². The third-order valence-electron chi connectivity index (χ3n) is 4.85. The first-order chi connectivity index (χ1) is 12.4. The van der Waals surface area contributed by atoms with Crippen LogP contribution in [0.5, 0.6) is 0 Å². The summed E-state index contributed by atoms with van der Waals surface area (Å²) in [6.45, 7) is 4.32. The first-order valence-corrected chi connectivity index (χ1v) is 9.44. The van der Waals surface area contributed by atoms with Gasteiger partial charge in [0.1, 0.15) is 5.82 Å². The van der Waals surface area contributed by atoms with Crippen LogP contribution in [-0.4, -0.2) is 53.1 Å². The maximum atomic E-state index is 13.4. The maximum Gasteiger partial charge on any atom is 0.317 e. The van der Waals surface area contributed by atoms with E-state index in [0.717, 1.165) is 28.7 Å². The van der Waals surface area contributed by atoms with Crippen molar-refractivity contribution in [1.82, 2.24) is 9.80 Å². The quantitative estimate of drug-likeness (QED) is 0.660. The molecule has 1 fully saturated rings. The minimum absolute atomic E-state index is 0. The zero-order chi connectivity index (χ0) is 18.7. The van der Waals surface area contributed by atoms with Gasteiger partial charge in [0.25, 0.3) is 0 Å². The lowest BCUT2D eigenvalue weighted by atomic mass is 9.95. The van der Waals surface area contributed by atoms with Gasteiger partial charge in [0, 0.05) is 30.1 Å². The van der Waals surface area contributed by atoms with Gasteiger partial charge in [-0.15, -0.1) is 24.8 Å². The van der Waals surface area contributed by atoms with E-state index in [1.807, 2.05) is 29.2 Å². The van der Waals surface area contributed by atoms with E-state index >= 15 is 0 Å². The van der Waals surface area contributed by atoms with Crippen LogP contribution in [0.2, 0.25) is 0 Å². The van der Waals surface area contributed by atoms with Crippen molar-refractivity contribution in [3.63, 3.8) is 0 Å². The van der Waals surface area contributed by atoms with Crippen molar-refractivity contribution in [3.8, 4) is 0 Å². The molecule has 0 aromatic heterocycles. The van der Waals surface area contributed by atoms with Gasteiger partial charge < -0.3 is 5.11 Å². The maximum absolute atomic E-state index is 13.4. The van der Waals surface area contributed by atoms with E-state index in [4.69, 9.17) is 5.11 Å². The summed E-state index contributed by atoms with van der Waals surface area (Å²) in [7, 11) is 0. The van der Waals surface area contributed by atoms with Crippen molar-refractivity contribution in [2.45, 2.75) is 19.0 Å². The molecule has 0 radical (unpaired) electrons. The number of carboxylic acids is 1. The number of carbonyl (C=O) groups is 1. The number of piperazine rings is 1. The fourth-order valence-corrected chi connectivity index (χ4v) is 4.02. The first-order valence-electron chi connectivity index (χ1n) is 8.65. The number of benzene rings is 2. The van der Waals surface area contributed by atoms with E-state index < -0.39 is 5.97 Å². The molecular formula is C20H24BrCl2FN2O2. The standard InChI is InChI=1S/C20H22BrFN2O2.2ClH/c1-14-12-24(10-9-23(14)13-19(25)26)20(15-5-7-18(22)8-6-15)16-3-2-4-17(21)11-16;;/h2-8,11,14,20H,9-10,12-13H2,1H3,(H,25,26);2*1H. The van der Waals surface area contributed by atoms with Crippen LogP contribution in [0, 0.1) is 5.82 Å². The smallest absolute Gasteiger partial charge is 0.317 e. The van der Waals surface area contributed by atoms with Crippen molar-refractivity contribution >= 4 is 46.7 Å². The fourth-order valence-electron chi connectivity index (χ4n) is 3.60. The van der Waals surface area contributed by atoms with Gasteiger partial charge in [-0.3, -0.25) is 14.6 Å². The van der Waals surface area contributed by atoms with Crippen LogP contribution in [0.4, 0.5) is 4.39 Å². The Morgan fingerprint density at radius 3 is 2.43 bits per heavy atom. The summed E-state index contributed by atoms with van der Waals surface area (Å²) in [6.07, 6.45) is 0. The molecule has 2 aromatic rings. The van der Waals surface area contributed by atoms with Crippen LogP contribution in [0.25, 0.3) is 0 Å². The second-order valence-corrected chi connectivity index (χ2v) is 7.63. The highest BCUT2D eigenvalue weighted by atomic mass is 79.9.